The maximum Gasteiger partial charge on any atom is 0.305 e. The van der Waals surface area contributed by atoms with Crippen molar-refractivity contribution in [2.75, 3.05) is 6.61 Å². The lowest BCUT2D eigenvalue weighted by atomic mass is 9.87. The van der Waals surface area contributed by atoms with Gasteiger partial charge in [0.2, 0.25) is 5.79 Å². The van der Waals surface area contributed by atoms with Crippen LogP contribution >= 0.6 is 0 Å². The molecule has 7 heteroatoms. The summed E-state index contributed by atoms with van der Waals surface area (Å²) in [4.78, 5) is 13.1. The van der Waals surface area contributed by atoms with Crippen molar-refractivity contribution >= 4 is 5.97 Å². The molecule has 1 unspecified atom stereocenters. The highest BCUT2D eigenvalue weighted by molar-refractivity contribution is 5.66. The number of ether oxygens (including phenoxy) is 6. The van der Waals surface area contributed by atoms with Crippen LogP contribution in [-0.2, 0) is 66.1 Å². The molecule has 5 aromatic carbocycles. The van der Waals surface area contributed by atoms with Crippen LogP contribution in [0.5, 0.6) is 0 Å². The smallest absolute Gasteiger partial charge is 0.305 e. The molecule has 1 aliphatic heterocycles. The minimum atomic E-state index is -1.57. The van der Waals surface area contributed by atoms with E-state index in [0.717, 1.165) is 27.8 Å². The molecule has 0 saturated carbocycles. The predicted octanol–water partition coefficient (Wildman–Crippen LogP) is 7.86. The normalized spacial score (nSPS) is 21.8. The summed E-state index contributed by atoms with van der Waals surface area (Å²) in [5.74, 6) is -2.07. The van der Waals surface area contributed by atoms with Crippen molar-refractivity contribution in [2.24, 2.45) is 0 Å². The Morgan fingerprint density at radius 3 is 1.40 bits per heavy atom. The Hall–Kier alpha value is -4.63. The summed E-state index contributed by atoms with van der Waals surface area (Å²) in [5, 5.41) is 0. The van der Waals surface area contributed by atoms with Crippen molar-refractivity contribution < 1.29 is 33.2 Å². The molecule has 0 aromatic heterocycles. The van der Waals surface area contributed by atoms with Crippen LogP contribution in [0.4, 0.5) is 0 Å². The van der Waals surface area contributed by atoms with Gasteiger partial charge in [-0.1, -0.05) is 152 Å². The SMILES string of the molecule is CC(=O)OC1(Cc2ccccc2)O[C@H](COCc2ccccc2)[C@@H](OCc2ccccc2)[C@H](OCc2ccccc2)[C@H]1OCc1ccccc1. The summed E-state index contributed by atoms with van der Waals surface area (Å²) < 4.78 is 40.1. The summed E-state index contributed by atoms with van der Waals surface area (Å²) in [5.41, 5.74) is 4.89. The first-order valence-electron chi connectivity index (χ1n) is 17.1. The lowest BCUT2D eigenvalue weighted by Crippen LogP contribution is -2.69. The zero-order chi connectivity index (χ0) is 34.4. The third-order valence-corrected chi connectivity index (χ3v) is 8.62. The highest BCUT2D eigenvalue weighted by Gasteiger charge is 2.59. The van der Waals surface area contributed by atoms with Gasteiger partial charge in [0.15, 0.2) is 6.10 Å². The van der Waals surface area contributed by atoms with Gasteiger partial charge in [-0.2, -0.15) is 0 Å². The van der Waals surface area contributed by atoms with E-state index in [4.69, 9.17) is 28.4 Å². The quantitative estimate of drug-likeness (QED) is 0.0989. The molecule has 1 heterocycles. The van der Waals surface area contributed by atoms with Crippen molar-refractivity contribution in [3.63, 3.8) is 0 Å². The molecule has 1 saturated heterocycles. The summed E-state index contributed by atoms with van der Waals surface area (Å²) >= 11 is 0. The first-order chi connectivity index (χ1) is 24.6. The Kier molecular flexibility index (Phi) is 12.6. The van der Waals surface area contributed by atoms with Gasteiger partial charge in [-0.15, -0.1) is 0 Å². The summed E-state index contributed by atoms with van der Waals surface area (Å²) in [6, 6.07) is 49.6. The van der Waals surface area contributed by atoms with Crippen LogP contribution in [0.2, 0.25) is 0 Å². The number of rotatable bonds is 16. The monoisotopic (exact) mass is 672 g/mol. The molecule has 0 spiro atoms. The minimum absolute atomic E-state index is 0.156. The van der Waals surface area contributed by atoms with Crippen molar-refractivity contribution in [3.05, 3.63) is 179 Å². The van der Waals surface area contributed by atoms with Gasteiger partial charge in [0.1, 0.15) is 18.3 Å². The van der Waals surface area contributed by atoms with E-state index in [0.29, 0.717) is 13.2 Å². The van der Waals surface area contributed by atoms with E-state index < -0.39 is 36.2 Å². The van der Waals surface area contributed by atoms with E-state index in [1.807, 2.05) is 152 Å². The van der Waals surface area contributed by atoms with Crippen LogP contribution in [-0.4, -0.2) is 42.8 Å². The zero-order valence-corrected chi connectivity index (χ0v) is 28.3. The number of hydrogen-bond donors (Lipinski definition) is 0. The maximum absolute atomic E-state index is 13.1. The summed E-state index contributed by atoms with van der Waals surface area (Å²) in [6.07, 6.45) is -2.75. The predicted molar refractivity (Wildman–Crippen MR) is 191 cm³/mol. The first kappa shape index (κ1) is 35.2. The molecule has 0 radical (unpaired) electrons. The van der Waals surface area contributed by atoms with E-state index in [9.17, 15) is 4.79 Å². The van der Waals surface area contributed by atoms with Gasteiger partial charge in [0.25, 0.3) is 0 Å². The minimum Gasteiger partial charge on any atom is -0.430 e. The van der Waals surface area contributed by atoms with Crippen LogP contribution in [0.15, 0.2) is 152 Å². The van der Waals surface area contributed by atoms with Crippen LogP contribution < -0.4 is 0 Å². The van der Waals surface area contributed by atoms with Gasteiger partial charge in [-0.25, -0.2) is 0 Å². The number of benzene rings is 5. The number of carbonyl (C=O) groups is 1. The van der Waals surface area contributed by atoms with Crippen molar-refractivity contribution in [3.8, 4) is 0 Å². The fourth-order valence-corrected chi connectivity index (χ4v) is 6.30. The van der Waals surface area contributed by atoms with Gasteiger partial charge in [-0.3, -0.25) is 4.79 Å². The fourth-order valence-electron chi connectivity index (χ4n) is 6.30. The van der Waals surface area contributed by atoms with Gasteiger partial charge in [0.05, 0.1) is 33.0 Å². The molecule has 5 aromatic rings. The van der Waals surface area contributed by atoms with Crippen LogP contribution in [0.1, 0.15) is 34.7 Å². The Morgan fingerprint density at radius 2 is 0.940 bits per heavy atom. The highest BCUT2D eigenvalue weighted by atomic mass is 16.8. The molecule has 0 amide bonds. The second kappa shape index (κ2) is 17.9. The number of carbonyl (C=O) groups excluding carboxylic acids is 1. The van der Waals surface area contributed by atoms with E-state index in [1.165, 1.54) is 6.92 Å². The fraction of sp³-hybridized carbons (Fsp3) is 0.279. The Balaban J connectivity index is 1.41. The topological polar surface area (TPSA) is 72.5 Å². The zero-order valence-electron chi connectivity index (χ0n) is 28.3. The van der Waals surface area contributed by atoms with Crippen molar-refractivity contribution in [1.29, 1.82) is 0 Å². The first-order valence-corrected chi connectivity index (χ1v) is 17.1. The molecule has 50 heavy (non-hydrogen) atoms. The van der Waals surface area contributed by atoms with E-state index in [2.05, 4.69) is 0 Å². The molecule has 1 fully saturated rings. The average molecular weight is 673 g/mol. The molecule has 7 nitrogen and oxygen atoms in total. The average Bonchev–Trinajstić information content (AvgIpc) is 3.15. The molecular formula is C43H44O7. The molecule has 258 valence electrons. The van der Waals surface area contributed by atoms with Crippen LogP contribution in [0.25, 0.3) is 0 Å². The molecule has 0 N–H and O–H groups in total. The number of esters is 1. The van der Waals surface area contributed by atoms with Gasteiger partial charge in [0, 0.05) is 13.3 Å². The standard InChI is InChI=1S/C43H44O7/c1-33(44)49-43(27-34-17-7-2-8-18-34)42(48-31-38-25-15-6-16-26-38)41(47-30-37-23-13-5-14-24-37)40(46-29-36-21-11-4-12-22-36)39(50-43)32-45-28-35-19-9-3-10-20-35/h2-26,39-42H,27-32H2,1H3/t39-,40-,41+,42-,43?/m1/s1. The summed E-state index contributed by atoms with van der Waals surface area (Å²) in [6.45, 7) is 2.74. The van der Waals surface area contributed by atoms with Crippen LogP contribution in [0, 0.1) is 0 Å². The molecule has 0 bridgehead atoms. The lowest BCUT2D eigenvalue weighted by Gasteiger charge is -2.51. The second-order valence-corrected chi connectivity index (χ2v) is 12.5. The lowest BCUT2D eigenvalue weighted by molar-refractivity contribution is -0.371. The van der Waals surface area contributed by atoms with Gasteiger partial charge in [-0.05, 0) is 27.8 Å². The Labute approximate surface area is 294 Å². The largest absolute Gasteiger partial charge is 0.430 e. The molecule has 6 rings (SSSR count). The molecular weight excluding hydrogens is 628 g/mol. The molecule has 1 aliphatic rings. The van der Waals surface area contributed by atoms with Crippen molar-refractivity contribution in [1.82, 2.24) is 0 Å². The third-order valence-electron chi connectivity index (χ3n) is 8.62. The van der Waals surface area contributed by atoms with Gasteiger partial charge < -0.3 is 28.4 Å². The van der Waals surface area contributed by atoms with Gasteiger partial charge >= 0.3 is 5.97 Å². The second-order valence-electron chi connectivity index (χ2n) is 12.5. The third kappa shape index (κ3) is 9.75. The van der Waals surface area contributed by atoms with E-state index >= 15 is 0 Å². The molecule has 0 aliphatic carbocycles. The Bertz CT molecular complexity index is 1700. The van der Waals surface area contributed by atoms with E-state index in [1.54, 1.807) is 0 Å². The number of hydrogen-bond acceptors (Lipinski definition) is 7. The highest BCUT2D eigenvalue weighted by Crippen LogP contribution is 2.40. The van der Waals surface area contributed by atoms with E-state index in [-0.39, 0.29) is 26.2 Å². The molecule has 5 atom stereocenters. The summed E-state index contributed by atoms with van der Waals surface area (Å²) in [7, 11) is 0. The van der Waals surface area contributed by atoms with Crippen molar-refractivity contribution in [2.45, 2.75) is 70.0 Å². The Morgan fingerprint density at radius 1 is 0.540 bits per heavy atom. The maximum atomic E-state index is 13.1. The van der Waals surface area contributed by atoms with Crippen LogP contribution in [0.3, 0.4) is 0 Å².